The van der Waals surface area contributed by atoms with Crippen LogP contribution < -0.4 is 11.0 Å². The second-order valence-electron chi connectivity index (χ2n) is 8.94. The third-order valence-electron chi connectivity index (χ3n) is 5.77. The Bertz CT molecular complexity index is 1670. The summed E-state index contributed by atoms with van der Waals surface area (Å²) in [5.74, 6) is -1.29. The number of hydrogen-bond acceptors (Lipinski definition) is 6. The smallest absolute Gasteiger partial charge is 0.341 e. The Morgan fingerprint density at radius 1 is 1.15 bits per heavy atom. The van der Waals surface area contributed by atoms with Crippen molar-refractivity contribution in [1.82, 2.24) is 14.0 Å². The lowest BCUT2D eigenvalue weighted by atomic mass is 10.2. The summed E-state index contributed by atoms with van der Waals surface area (Å²) < 4.78 is 14.0. The number of ether oxygens (including phenoxy) is 2. The van der Waals surface area contributed by atoms with Crippen molar-refractivity contribution in [3.8, 4) is 0 Å². The third-order valence-corrected chi connectivity index (χ3v) is 6.02. The van der Waals surface area contributed by atoms with Gasteiger partial charge in [-0.3, -0.25) is 14.0 Å². The molecule has 0 saturated heterocycles. The van der Waals surface area contributed by atoms with Crippen molar-refractivity contribution in [3.63, 3.8) is 0 Å². The van der Waals surface area contributed by atoms with E-state index in [4.69, 9.17) is 26.1 Å². The Hall–Kier alpha value is -4.08. The van der Waals surface area contributed by atoms with Gasteiger partial charge in [0.2, 0.25) is 0 Å². The van der Waals surface area contributed by atoms with Crippen LogP contribution in [0.15, 0.2) is 70.6 Å². The molecule has 0 aliphatic rings. The fourth-order valence-corrected chi connectivity index (χ4v) is 4.12. The molecule has 0 unspecified atom stereocenters. The van der Waals surface area contributed by atoms with Crippen molar-refractivity contribution in [1.29, 1.82) is 0 Å². The van der Waals surface area contributed by atoms with Crippen molar-refractivity contribution in [2.24, 2.45) is 4.99 Å². The quantitative estimate of drug-likeness (QED) is 0.133. The second-order valence-corrected chi connectivity index (χ2v) is 9.38. The number of carbonyl (C=O) groups is 2. The highest BCUT2D eigenvalue weighted by Gasteiger charge is 2.19. The maximum absolute atomic E-state index is 13.4. The zero-order valence-corrected chi connectivity index (χ0v) is 22.7. The summed E-state index contributed by atoms with van der Waals surface area (Å²) in [5, 5.41) is 0.784. The van der Waals surface area contributed by atoms with Crippen molar-refractivity contribution < 1.29 is 19.1 Å². The Labute approximate surface area is 230 Å². The van der Waals surface area contributed by atoms with Gasteiger partial charge < -0.3 is 14.0 Å². The van der Waals surface area contributed by atoms with Crippen LogP contribution >= 0.6 is 11.6 Å². The number of carbonyl (C=O) groups excluding carboxylic acids is 2. The van der Waals surface area contributed by atoms with Gasteiger partial charge in [-0.2, -0.15) is 4.99 Å². The predicted molar refractivity (Wildman–Crippen MR) is 150 cm³/mol. The van der Waals surface area contributed by atoms with Gasteiger partial charge in [-0.15, -0.1) is 0 Å². The molecular weight excluding hydrogens is 520 g/mol. The summed E-state index contributed by atoms with van der Waals surface area (Å²) in [6.45, 7) is 6.37. The number of nitrogens with zero attached hydrogens (tertiary/aromatic N) is 4. The van der Waals surface area contributed by atoms with E-state index in [2.05, 4.69) is 4.99 Å². The number of halogens is 1. The van der Waals surface area contributed by atoms with Crippen LogP contribution in [0.25, 0.3) is 22.8 Å². The van der Waals surface area contributed by atoms with Crippen LogP contribution in [0, 0.1) is 0 Å². The van der Waals surface area contributed by atoms with Gasteiger partial charge in [-0.25, -0.2) is 9.78 Å². The molecule has 4 rings (SSSR count). The Kier molecular flexibility index (Phi) is 9.06. The topological polar surface area (TPSA) is 104 Å². The van der Waals surface area contributed by atoms with Gasteiger partial charge in [0.25, 0.3) is 11.5 Å². The molecule has 3 heterocycles. The standard InChI is InChI=1S/C29H29ClN4O5/c1-4-38-29(37)23-18-22-26(31-24-8-5-6-15-33(24)28(22)36)34(16-7-17-39-19(2)3)27(23)32-25(35)14-11-20-9-12-21(30)13-10-20/h5-6,8-15,18-19H,4,7,16-17H2,1-3H3/b14-11-,32-27?. The molecule has 9 nitrogen and oxygen atoms in total. The predicted octanol–water partition coefficient (Wildman–Crippen LogP) is 4.44. The van der Waals surface area contributed by atoms with Gasteiger partial charge in [0.15, 0.2) is 5.49 Å². The number of amides is 1. The molecule has 39 heavy (non-hydrogen) atoms. The van der Waals surface area contributed by atoms with Crippen molar-refractivity contribution >= 4 is 46.2 Å². The van der Waals surface area contributed by atoms with Crippen LogP contribution in [0.4, 0.5) is 0 Å². The van der Waals surface area contributed by atoms with Crippen molar-refractivity contribution in [2.75, 3.05) is 13.2 Å². The fourth-order valence-electron chi connectivity index (χ4n) is 3.99. The van der Waals surface area contributed by atoms with Crippen molar-refractivity contribution in [2.45, 2.75) is 39.8 Å². The molecule has 10 heteroatoms. The minimum atomic E-state index is -0.697. The SMILES string of the molecule is CCOC(=O)c1cc2c(=O)n3ccccc3nc2n(CCCOC(C)C)c1=NC(=O)/C=C\c1ccc(Cl)cc1. The normalized spacial score (nSPS) is 12.2. The van der Waals surface area contributed by atoms with E-state index < -0.39 is 11.9 Å². The summed E-state index contributed by atoms with van der Waals surface area (Å²) in [4.78, 5) is 48.5. The molecule has 202 valence electrons. The lowest BCUT2D eigenvalue weighted by molar-refractivity contribution is -0.113. The summed E-state index contributed by atoms with van der Waals surface area (Å²) in [6, 6.07) is 13.6. The van der Waals surface area contributed by atoms with E-state index in [0.29, 0.717) is 35.9 Å². The number of rotatable bonds is 9. The summed E-state index contributed by atoms with van der Waals surface area (Å²) in [7, 11) is 0. The summed E-state index contributed by atoms with van der Waals surface area (Å²) in [5.41, 5.74) is 1.18. The lowest BCUT2D eigenvalue weighted by Crippen LogP contribution is -2.33. The minimum Gasteiger partial charge on any atom is -0.462 e. The lowest BCUT2D eigenvalue weighted by Gasteiger charge is -2.15. The Balaban J connectivity index is 1.94. The molecule has 0 aliphatic heterocycles. The van der Waals surface area contributed by atoms with E-state index in [0.717, 1.165) is 5.56 Å². The molecule has 0 fully saturated rings. The molecule has 3 aromatic heterocycles. The molecule has 0 aliphatic carbocycles. The molecule has 0 atom stereocenters. The first-order chi connectivity index (χ1) is 18.8. The fraction of sp³-hybridized carbons (Fsp3) is 0.276. The molecule has 0 N–H and O–H groups in total. The molecule has 0 bridgehead atoms. The van der Waals surface area contributed by atoms with Crippen LogP contribution in [-0.2, 0) is 20.8 Å². The Morgan fingerprint density at radius 2 is 1.92 bits per heavy atom. The largest absolute Gasteiger partial charge is 0.462 e. The first-order valence-corrected chi connectivity index (χ1v) is 13.0. The van der Waals surface area contributed by atoms with E-state index in [9.17, 15) is 14.4 Å². The number of pyridine rings is 2. The van der Waals surface area contributed by atoms with Gasteiger partial charge >= 0.3 is 5.97 Å². The van der Waals surface area contributed by atoms with Crippen LogP contribution in [-0.4, -0.2) is 45.1 Å². The molecule has 0 radical (unpaired) electrons. The molecule has 1 aromatic carbocycles. The number of esters is 1. The van der Waals surface area contributed by atoms with Crippen LogP contribution in [0.2, 0.25) is 5.02 Å². The van der Waals surface area contributed by atoms with E-state index in [1.165, 1.54) is 16.5 Å². The first kappa shape index (κ1) is 27.9. The van der Waals surface area contributed by atoms with Gasteiger partial charge in [0.1, 0.15) is 16.9 Å². The number of aryl methyl sites for hydroxylation is 1. The summed E-state index contributed by atoms with van der Waals surface area (Å²) >= 11 is 5.94. The Morgan fingerprint density at radius 3 is 2.64 bits per heavy atom. The van der Waals surface area contributed by atoms with Gasteiger partial charge in [-0.05, 0) is 69.2 Å². The average Bonchev–Trinajstić information content (AvgIpc) is 2.91. The number of hydrogen-bond donors (Lipinski definition) is 0. The highest BCUT2D eigenvalue weighted by Crippen LogP contribution is 2.13. The maximum atomic E-state index is 13.4. The molecule has 1 amide bonds. The van der Waals surface area contributed by atoms with E-state index >= 15 is 0 Å². The van der Waals surface area contributed by atoms with Gasteiger partial charge in [0, 0.05) is 30.4 Å². The molecular formula is C29H29ClN4O5. The van der Waals surface area contributed by atoms with Crippen LogP contribution in [0.1, 0.15) is 43.1 Å². The monoisotopic (exact) mass is 548 g/mol. The molecule has 4 aromatic rings. The highest BCUT2D eigenvalue weighted by molar-refractivity contribution is 6.30. The number of fused-ring (bicyclic) bond motifs is 2. The summed E-state index contributed by atoms with van der Waals surface area (Å²) in [6.07, 6.45) is 5.08. The van der Waals surface area contributed by atoms with Crippen LogP contribution in [0.3, 0.4) is 0 Å². The number of benzene rings is 1. The van der Waals surface area contributed by atoms with E-state index in [1.807, 2.05) is 13.8 Å². The van der Waals surface area contributed by atoms with Gasteiger partial charge in [-0.1, -0.05) is 29.8 Å². The second kappa shape index (κ2) is 12.6. The number of aromatic nitrogens is 3. The molecule has 0 spiro atoms. The zero-order chi connectivity index (χ0) is 27.9. The average molecular weight is 549 g/mol. The highest BCUT2D eigenvalue weighted by atomic mass is 35.5. The van der Waals surface area contributed by atoms with Gasteiger partial charge in [0.05, 0.1) is 18.1 Å². The van der Waals surface area contributed by atoms with Crippen LogP contribution in [0.5, 0.6) is 0 Å². The zero-order valence-electron chi connectivity index (χ0n) is 22.0. The third kappa shape index (κ3) is 6.68. The maximum Gasteiger partial charge on any atom is 0.341 e. The van der Waals surface area contributed by atoms with Crippen molar-refractivity contribution in [3.05, 3.63) is 92.8 Å². The minimum absolute atomic E-state index is 0.00264. The first-order valence-electron chi connectivity index (χ1n) is 12.6. The van der Waals surface area contributed by atoms with E-state index in [-0.39, 0.29) is 34.7 Å². The van der Waals surface area contributed by atoms with E-state index in [1.54, 1.807) is 66.2 Å². The molecule has 0 saturated carbocycles.